The highest BCUT2D eigenvalue weighted by atomic mass is 19.1. The molecule has 20 heavy (non-hydrogen) atoms. The second-order valence-electron chi connectivity index (χ2n) is 4.90. The molecule has 1 atom stereocenters. The van der Waals surface area contributed by atoms with E-state index in [1.807, 2.05) is 43.1 Å². The number of anilines is 1. The van der Waals surface area contributed by atoms with Crippen molar-refractivity contribution in [1.82, 2.24) is 0 Å². The van der Waals surface area contributed by atoms with E-state index in [9.17, 15) is 8.78 Å². The smallest absolute Gasteiger partial charge is 0.126 e. The van der Waals surface area contributed by atoms with Gasteiger partial charge in [-0.15, -0.1) is 0 Å². The van der Waals surface area contributed by atoms with Crippen LogP contribution in [0.15, 0.2) is 42.5 Å². The molecule has 2 aromatic rings. The zero-order chi connectivity index (χ0) is 14.7. The second-order valence-corrected chi connectivity index (χ2v) is 4.90. The van der Waals surface area contributed by atoms with Crippen molar-refractivity contribution >= 4 is 5.69 Å². The highest BCUT2D eigenvalue weighted by molar-refractivity contribution is 5.50. The van der Waals surface area contributed by atoms with Crippen LogP contribution in [-0.2, 0) is 0 Å². The third-order valence-corrected chi connectivity index (χ3v) is 3.37. The molecule has 0 aromatic heterocycles. The molecule has 0 bridgehead atoms. The average Bonchev–Trinajstić information content (AvgIpc) is 2.38. The van der Waals surface area contributed by atoms with E-state index in [4.69, 9.17) is 5.73 Å². The Balaban J connectivity index is 2.36. The number of nitrogens with zero attached hydrogens (tertiary/aromatic N) is 1. The summed E-state index contributed by atoms with van der Waals surface area (Å²) in [5.74, 6) is -1.17. The van der Waals surface area contributed by atoms with Crippen LogP contribution < -0.4 is 10.6 Å². The van der Waals surface area contributed by atoms with Crippen molar-refractivity contribution in [1.29, 1.82) is 0 Å². The van der Waals surface area contributed by atoms with Crippen molar-refractivity contribution in [2.24, 2.45) is 5.73 Å². The molecule has 2 nitrogen and oxygen atoms in total. The lowest BCUT2D eigenvalue weighted by Gasteiger charge is -2.30. The molecule has 0 radical (unpaired) electrons. The van der Waals surface area contributed by atoms with E-state index in [0.29, 0.717) is 5.56 Å². The first-order valence-corrected chi connectivity index (χ1v) is 6.47. The number of nitrogens with two attached hydrogens (primary N) is 1. The summed E-state index contributed by atoms with van der Waals surface area (Å²) < 4.78 is 26.7. The molecule has 2 rings (SSSR count). The predicted octanol–water partition coefficient (Wildman–Crippen LogP) is 3.41. The minimum absolute atomic E-state index is 0.271. The Morgan fingerprint density at radius 2 is 1.75 bits per heavy atom. The summed E-state index contributed by atoms with van der Waals surface area (Å²) in [7, 11) is 1.87. The van der Waals surface area contributed by atoms with Crippen LogP contribution in [0.3, 0.4) is 0 Å². The van der Waals surface area contributed by atoms with E-state index < -0.39 is 11.6 Å². The summed E-state index contributed by atoms with van der Waals surface area (Å²) in [6.07, 6.45) is 0. The van der Waals surface area contributed by atoms with Crippen molar-refractivity contribution < 1.29 is 8.78 Å². The maximum atomic E-state index is 13.4. The number of halogens is 2. The van der Waals surface area contributed by atoms with Gasteiger partial charge in [0, 0.05) is 25.3 Å². The minimum atomic E-state index is -0.587. The predicted molar refractivity (Wildman–Crippen MR) is 77.7 cm³/mol. The molecule has 1 unspecified atom stereocenters. The van der Waals surface area contributed by atoms with Crippen LogP contribution >= 0.6 is 0 Å². The van der Waals surface area contributed by atoms with Gasteiger partial charge in [0.15, 0.2) is 0 Å². The number of benzene rings is 2. The van der Waals surface area contributed by atoms with Crippen LogP contribution in [0.4, 0.5) is 14.5 Å². The first-order valence-electron chi connectivity index (χ1n) is 6.47. The first-order chi connectivity index (χ1) is 9.51. The van der Waals surface area contributed by atoms with Gasteiger partial charge in [0.1, 0.15) is 11.6 Å². The Hall–Kier alpha value is -1.94. The Bertz CT molecular complexity index is 579. The van der Waals surface area contributed by atoms with Crippen molar-refractivity contribution in [2.75, 3.05) is 18.5 Å². The van der Waals surface area contributed by atoms with Crippen LogP contribution in [0.5, 0.6) is 0 Å². The van der Waals surface area contributed by atoms with Crippen LogP contribution in [0, 0.1) is 18.6 Å². The van der Waals surface area contributed by atoms with E-state index >= 15 is 0 Å². The molecule has 0 spiro atoms. The molecule has 0 fully saturated rings. The van der Waals surface area contributed by atoms with Crippen LogP contribution in [0.1, 0.15) is 17.2 Å². The third kappa shape index (κ3) is 3.14. The summed E-state index contributed by atoms with van der Waals surface area (Å²) in [4.78, 5) is 1.93. The normalized spacial score (nSPS) is 12.2. The van der Waals surface area contributed by atoms with Gasteiger partial charge >= 0.3 is 0 Å². The molecule has 0 aliphatic heterocycles. The first kappa shape index (κ1) is 14.5. The lowest BCUT2D eigenvalue weighted by Crippen LogP contribution is -2.30. The molecule has 0 heterocycles. The lowest BCUT2D eigenvalue weighted by atomic mass is 10.0. The minimum Gasteiger partial charge on any atom is -0.366 e. The monoisotopic (exact) mass is 276 g/mol. The van der Waals surface area contributed by atoms with Gasteiger partial charge in [-0.1, -0.05) is 12.1 Å². The Kier molecular flexibility index (Phi) is 4.35. The largest absolute Gasteiger partial charge is 0.366 e. The SMILES string of the molecule is Cc1cccc(N(C)C(CN)c2cc(F)cc(F)c2)c1. The number of hydrogen-bond acceptors (Lipinski definition) is 2. The van der Waals surface area contributed by atoms with Crippen molar-refractivity contribution in [3.8, 4) is 0 Å². The number of rotatable bonds is 4. The van der Waals surface area contributed by atoms with Gasteiger partial charge in [-0.3, -0.25) is 0 Å². The lowest BCUT2D eigenvalue weighted by molar-refractivity contribution is 0.571. The zero-order valence-corrected chi connectivity index (χ0v) is 11.6. The molecule has 2 N–H and O–H groups in total. The van der Waals surface area contributed by atoms with Crippen molar-refractivity contribution in [3.05, 3.63) is 65.2 Å². The van der Waals surface area contributed by atoms with Gasteiger partial charge in [-0.25, -0.2) is 8.78 Å². The van der Waals surface area contributed by atoms with E-state index in [1.165, 1.54) is 12.1 Å². The summed E-state index contributed by atoms with van der Waals surface area (Å²) >= 11 is 0. The van der Waals surface area contributed by atoms with Gasteiger partial charge in [0.25, 0.3) is 0 Å². The number of hydrogen-bond donors (Lipinski definition) is 1. The summed E-state index contributed by atoms with van der Waals surface area (Å²) in [6.45, 7) is 2.27. The van der Waals surface area contributed by atoms with E-state index in [0.717, 1.165) is 17.3 Å². The Morgan fingerprint density at radius 1 is 1.10 bits per heavy atom. The number of likely N-dealkylation sites (N-methyl/N-ethyl adjacent to an activating group) is 1. The molecule has 0 amide bonds. The molecule has 4 heteroatoms. The fraction of sp³-hybridized carbons (Fsp3) is 0.250. The topological polar surface area (TPSA) is 29.3 Å². The van der Waals surface area contributed by atoms with Gasteiger partial charge in [0.2, 0.25) is 0 Å². The van der Waals surface area contributed by atoms with Crippen LogP contribution in [0.2, 0.25) is 0 Å². The van der Waals surface area contributed by atoms with Gasteiger partial charge in [-0.05, 0) is 42.3 Å². The highest BCUT2D eigenvalue weighted by Gasteiger charge is 2.17. The van der Waals surface area contributed by atoms with E-state index in [-0.39, 0.29) is 12.6 Å². The zero-order valence-electron chi connectivity index (χ0n) is 11.6. The quantitative estimate of drug-likeness (QED) is 0.927. The highest BCUT2D eigenvalue weighted by Crippen LogP contribution is 2.26. The van der Waals surface area contributed by atoms with E-state index in [2.05, 4.69) is 0 Å². The van der Waals surface area contributed by atoms with Crippen LogP contribution in [-0.4, -0.2) is 13.6 Å². The molecule has 0 aliphatic carbocycles. The van der Waals surface area contributed by atoms with Gasteiger partial charge < -0.3 is 10.6 Å². The summed E-state index contributed by atoms with van der Waals surface area (Å²) in [5, 5.41) is 0. The maximum absolute atomic E-state index is 13.4. The third-order valence-electron chi connectivity index (χ3n) is 3.37. The summed E-state index contributed by atoms with van der Waals surface area (Å²) in [6, 6.07) is 11.1. The molecule has 106 valence electrons. The second kappa shape index (κ2) is 6.01. The average molecular weight is 276 g/mol. The molecule has 0 saturated carbocycles. The fourth-order valence-electron chi connectivity index (χ4n) is 2.31. The molecule has 2 aromatic carbocycles. The van der Waals surface area contributed by atoms with Gasteiger partial charge in [-0.2, -0.15) is 0 Å². The van der Waals surface area contributed by atoms with Crippen molar-refractivity contribution in [2.45, 2.75) is 13.0 Å². The molecule has 0 aliphatic rings. The Morgan fingerprint density at radius 3 is 2.30 bits per heavy atom. The standard InChI is InChI=1S/C16H18F2N2/c1-11-4-3-5-15(6-11)20(2)16(10-19)12-7-13(17)9-14(18)8-12/h3-9,16H,10,19H2,1-2H3. The molecular formula is C16H18F2N2. The van der Waals surface area contributed by atoms with Crippen molar-refractivity contribution in [3.63, 3.8) is 0 Å². The van der Waals surface area contributed by atoms with Crippen LogP contribution in [0.25, 0.3) is 0 Å². The number of aryl methyl sites for hydroxylation is 1. The molecular weight excluding hydrogens is 258 g/mol. The summed E-state index contributed by atoms with van der Waals surface area (Å²) in [5.41, 5.74) is 8.41. The Labute approximate surface area is 117 Å². The van der Waals surface area contributed by atoms with E-state index in [1.54, 1.807) is 0 Å². The maximum Gasteiger partial charge on any atom is 0.126 e. The van der Waals surface area contributed by atoms with Gasteiger partial charge in [0.05, 0.1) is 6.04 Å². The fourth-order valence-corrected chi connectivity index (χ4v) is 2.31. The molecule has 0 saturated heterocycles.